The van der Waals surface area contributed by atoms with E-state index in [1.54, 1.807) is 0 Å². The molecule has 3 N–H and O–H groups in total. The number of benzene rings is 1. The standard InChI is InChI=1S/C20H20N4O3/c25-19(24-9-8-13-16(10-24)22-23-18(13)20(26)27)14-6-3-5-12-11-4-1-2-7-15(11)21-17(12)14/h1-2,4,7,14,21H,3,5-6,8-10H2,(H,22,23)(H,26,27). The molecule has 27 heavy (non-hydrogen) atoms. The van der Waals surface area contributed by atoms with Gasteiger partial charge in [0.15, 0.2) is 5.69 Å². The normalized spacial score (nSPS) is 19.0. The van der Waals surface area contributed by atoms with Crippen LogP contribution in [0.2, 0.25) is 0 Å². The first-order valence-corrected chi connectivity index (χ1v) is 9.31. The number of H-pyrrole nitrogens is 2. The monoisotopic (exact) mass is 364 g/mol. The summed E-state index contributed by atoms with van der Waals surface area (Å²) in [5.41, 5.74) is 4.94. The Morgan fingerprint density at radius 2 is 2.04 bits per heavy atom. The van der Waals surface area contributed by atoms with Crippen LogP contribution in [0.1, 0.15) is 51.8 Å². The molecule has 1 aliphatic heterocycles. The van der Waals surface area contributed by atoms with Crippen molar-refractivity contribution >= 4 is 22.8 Å². The van der Waals surface area contributed by atoms with E-state index >= 15 is 0 Å². The Morgan fingerprint density at radius 1 is 1.19 bits per heavy atom. The largest absolute Gasteiger partial charge is 0.476 e. The molecule has 7 heteroatoms. The molecule has 0 saturated heterocycles. The van der Waals surface area contributed by atoms with Gasteiger partial charge in [0.2, 0.25) is 5.91 Å². The van der Waals surface area contributed by atoms with Crippen molar-refractivity contribution < 1.29 is 14.7 Å². The van der Waals surface area contributed by atoms with Gasteiger partial charge in [-0.05, 0) is 37.3 Å². The third-order valence-electron chi connectivity index (χ3n) is 5.86. The molecule has 2 aliphatic rings. The number of aromatic carboxylic acids is 1. The first-order chi connectivity index (χ1) is 13.1. The van der Waals surface area contributed by atoms with E-state index in [1.807, 2.05) is 17.0 Å². The van der Waals surface area contributed by atoms with Crippen LogP contribution < -0.4 is 0 Å². The fraction of sp³-hybridized carbons (Fsp3) is 0.350. The highest BCUT2D eigenvalue weighted by Crippen LogP contribution is 2.37. The second kappa shape index (κ2) is 5.97. The number of para-hydroxylation sites is 1. The molecule has 0 bridgehead atoms. The Balaban J connectivity index is 1.45. The third kappa shape index (κ3) is 2.45. The number of nitrogens with one attached hydrogen (secondary N) is 2. The van der Waals surface area contributed by atoms with E-state index in [2.05, 4.69) is 27.3 Å². The SMILES string of the molecule is O=C(O)c1n[nH]c2c1CCN(C(=O)C1CCCc3c1[nH]c1ccccc31)C2. The van der Waals surface area contributed by atoms with Gasteiger partial charge in [0, 0.05) is 28.7 Å². The van der Waals surface area contributed by atoms with Crippen LogP contribution in [-0.4, -0.2) is 43.6 Å². The number of carboxylic acids is 1. The number of aryl methyl sites for hydroxylation is 1. The molecule has 0 fully saturated rings. The van der Waals surface area contributed by atoms with Crippen LogP contribution in [0.3, 0.4) is 0 Å². The van der Waals surface area contributed by atoms with E-state index in [0.717, 1.165) is 41.7 Å². The second-order valence-corrected chi connectivity index (χ2v) is 7.35. The Labute approximate surface area is 155 Å². The number of aromatic nitrogens is 3. The Kier molecular flexibility index (Phi) is 3.56. The number of rotatable bonds is 2. The summed E-state index contributed by atoms with van der Waals surface area (Å²) in [6.45, 7) is 0.915. The van der Waals surface area contributed by atoms with Crippen LogP contribution in [0, 0.1) is 0 Å². The molecule has 1 aromatic carbocycles. The lowest BCUT2D eigenvalue weighted by molar-refractivity contribution is -0.134. The summed E-state index contributed by atoms with van der Waals surface area (Å²) in [5, 5.41) is 17.1. The molecule has 0 spiro atoms. The predicted molar refractivity (Wildman–Crippen MR) is 98.6 cm³/mol. The fourth-order valence-electron chi connectivity index (χ4n) is 4.57. The van der Waals surface area contributed by atoms with Gasteiger partial charge in [-0.2, -0.15) is 5.10 Å². The minimum atomic E-state index is -1.03. The van der Waals surface area contributed by atoms with Crippen molar-refractivity contribution in [2.45, 2.75) is 38.1 Å². The van der Waals surface area contributed by atoms with Crippen LogP contribution in [0.15, 0.2) is 24.3 Å². The zero-order chi connectivity index (χ0) is 18.5. The van der Waals surface area contributed by atoms with E-state index < -0.39 is 5.97 Å². The van der Waals surface area contributed by atoms with E-state index in [-0.39, 0.29) is 17.5 Å². The summed E-state index contributed by atoms with van der Waals surface area (Å²) in [4.78, 5) is 29.9. The Bertz CT molecular complexity index is 1060. The van der Waals surface area contributed by atoms with Gasteiger partial charge in [0.05, 0.1) is 18.2 Å². The zero-order valence-electron chi connectivity index (χ0n) is 14.8. The van der Waals surface area contributed by atoms with Crippen molar-refractivity contribution in [3.05, 3.63) is 52.5 Å². The van der Waals surface area contributed by atoms with Gasteiger partial charge in [-0.15, -0.1) is 0 Å². The molecule has 3 heterocycles. The Morgan fingerprint density at radius 3 is 2.89 bits per heavy atom. The lowest BCUT2D eigenvalue weighted by atomic mass is 9.85. The average molecular weight is 364 g/mol. The van der Waals surface area contributed by atoms with Gasteiger partial charge in [-0.3, -0.25) is 9.89 Å². The third-order valence-corrected chi connectivity index (χ3v) is 5.86. The van der Waals surface area contributed by atoms with Gasteiger partial charge < -0.3 is 15.0 Å². The topological polar surface area (TPSA) is 102 Å². The van der Waals surface area contributed by atoms with Crippen LogP contribution in [-0.2, 0) is 24.2 Å². The summed E-state index contributed by atoms with van der Waals surface area (Å²) >= 11 is 0. The predicted octanol–water partition coefficient (Wildman–Crippen LogP) is 2.59. The minimum Gasteiger partial charge on any atom is -0.476 e. The minimum absolute atomic E-state index is 0.0765. The summed E-state index contributed by atoms with van der Waals surface area (Å²) < 4.78 is 0. The van der Waals surface area contributed by atoms with E-state index in [1.165, 1.54) is 10.9 Å². The summed E-state index contributed by atoms with van der Waals surface area (Å²) in [6.07, 6.45) is 3.35. The Hall–Kier alpha value is -3.09. The van der Waals surface area contributed by atoms with E-state index in [4.69, 9.17) is 0 Å². The lowest BCUT2D eigenvalue weighted by Gasteiger charge is -2.32. The molecular formula is C20H20N4O3. The number of amides is 1. The number of carboxylic acid groups (broad SMARTS) is 1. The van der Waals surface area contributed by atoms with Crippen LogP contribution >= 0.6 is 0 Å². The van der Waals surface area contributed by atoms with Crippen molar-refractivity contribution in [3.8, 4) is 0 Å². The lowest BCUT2D eigenvalue weighted by Crippen LogP contribution is -2.40. The van der Waals surface area contributed by atoms with Gasteiger partial charge in [0.25, 0.3) is 0 Å². The quantitative estimate of drug-likeness (QED) is 0.650. The van der Waals surface area contributed by atoms with Crippen molar-refractivity contribution in [2.75, 3.05) is 6.54 Å². The highest BCUT2D eigenvalue weighted by molar-refractivity contribution is 5.91. The summed E-state index contributed by atoms with van der Waals surface area (Å²) in [5.74, 6) is -1.08. The maximum Gasteiger partial charge on any atom is 0.356 e. The van der Waals surface area contributed by atoms with Crippen molar-refractivity contribution in [1.82, 2.24) is 20.1 Å². The number of carbonyl (C=O) groups excluding carboxylic acids is 1. The smallest absolute Gasteiger partial charge is 0.356 e. The highest BCUT2D eigenvalue weighted by Gasteiger charge is 2.35. The molecule has 0 saturated carbocycles. The maximum absolute atomic E-state index is 13.3. The number of nitrogens with zero attached hydrogens (tertiary/aromatic N) is 2. The average Bonchev–Trinajstić information content (AvgIpc) is 3.28. The summed E-state index contributed by atoms with van der Waals surface area (Å²) in [7, 11) is 0. The molecule has 1 unspecified atom stereocenters. The number of fused-ring (bicyclic) bond motifs is 4. The molecule has 2 aromatic heterocycles. The van der Waals surface area contributed by atoms with Crippen LogP contribution in [0.25, 0.3) is 10.9 Å². The van der Waals surface area contributed by atoms with Gasteiger partial charge in [-0.1, -0.05) is 18.2 Å². The van der Waals surface area contributed by atoms with E-state index in [0.29, 0.717) is 19.5 Å². The van der Waals surface area contributed by atoms with Crippen molar-refractivity contribution in [3.63, 3.8) is 0 Å². The molecular weight excluding hydrogens is 344 g/mol. The van der Waals surface area contributed by atoms with E-state index in [9.17, 15) is 14.7 Å². The first kappa shape index (κ1) is 16.1. The number of carbonyl (C=O) groups is 2. The van der Waals surface area contributed by atoms with Crippen molar-refractivity contribution in [2.24, 2.45) is 0 Å². The van der Waals surface area contributed by atoms with Crippen LogP contribution in [0.4, 0.5) is 0 Å². The molecule has 5 rings (SSSR count). The fourth-order valence-corrected chi connectivity index (χ4v) is 4.57. The number of hydrogen-bond donors (Lipinski definition) is 3. The second-order valence-electron chi connectivity index (χ2n) is 7.35. The molecule has 1 amide bonds. The summed E-state index contributed by atoms with van der Waals surface area (Å²) in [6, 6.07) is 8.21. The van der Waals surface area contributed by atoms with Gasteiger partial charge >= 0.3 is 5.97 Å². The highest BCUT2D eigenvalue weighted by atomic mass is 16.4. The molecule has 1 aliphatic carbocycles. The van der Waals surface area contributed by atoms with Crippen LogP contribution in [0.5, 0.6) is 0 Å². The van der Waals surface area contributed by atoms with Gasteiger partial charge in [0.1, 0.15) is 0 Å². The molecule has 7 nitrogen and oxygen atoms in total. The molecule has 1 atom stereocenters. The molecule has 0 radical (unpaired) electrons. The van der Waals surface area contributed by atoms with Crippen molar-refractivity contribution in [1.29, 1.82) is 0 Å². The molecule has 138 valence electrons. The molecule has 3 aromatic rings. The number of hydrogen-bond acceptors (Lipinski definition) is 3. The zero-order valence-corrected chi connectivity index (χ0v) is 14.8. The first-order valence-electron chi connectivity index (χ1n) is 9.31. The maximum atomic E-state index is 13.3. The van der Waals surface area contributed by atoms with Gasteiger partial charge in [-0.25, -0.2) is 4.79 Å². The number of aromatic amines is 2.